The van der Waals surface area contributed by atoms with Gasteiger partial charge in [-0.25, -0.2) is 0 Å². The van der Waals surface area contributed by atoms with Crippen LogP contribution in [-0.2, 0) is 14.3 Å². The summed E-state index contributed by atoms with van der Waals surface area (Å²) in [7, 11) is 1.60. The van der Waals surface area contributed by atoms with Gasteiger partial charge in [0.1, 0.15) is 0 Å². The third kappa shape index (κ3) is 1.27. The van der Waals surface area contributed by atoms with E-state index in [0.29, 0.717) is 23.4 Å². The van der Waals surface area contributed by atoms with Crippen molar-refractivity contribution in [3.05, 3.63) is 22.5 Å². The van der Waals surface area contributed by atoms with Gasteiger partial charge in [-0.2, -0.15) is 0 Å². The molecule has 0 bridgehead atoms. The lowest BCUT2D eigenvalue weighted by molar-refractivity contribution is -0.128. The number of Topliss-reactive ketones (excluding diaryl/α,β-unsaturated/α-hetero) is 2. The zero-order valence-electron chi connectivity index (χ0n) is 11.8. The SMILES string of the molecule is CO[C@@]12[C@H](CCl)C3=C(C(=O)C(C)=C(N)C3=O)N1C[C@@H]1N[C@@H]12. The Labute approximate surface area is 126 Å². The maximum atomic E-state index is 12.6. The number of hydrogen-bond acceptors (Lipinski definition) is 6. The fraction of sp³-hybridized carbons (Fsp3) is 0.571. The Kier molecular flexibility index (Phi) is 2.46. The standard InChI is InChI=1S/C14H16ClN3O3/c1-5-9(16)12(20)8-6(3-15)14(21-2)13-7(17-13)4-18(14)10(8)11(5)19/h6-7,13,17H,3-4,16H2,1-2H3/t6-,7+,13+,14-/m1/s1. The van der Waals surface area contributed by atoms with E-state index in [1.165, 1.54) is 0 Å². The number of methoxy groups -OCH3 is 1. The lowest BCUT2D eigenvalue weighted by Gasteiger charge is -2.39. The van der Waals surface area contributed by atoms with E-state index in [4.69, 9.17) is 22.1 Å². The van der Waals surface area contributed by atoms with Crippen LogP contribution >= 0.6 is 11.6 Å². The summed E-state index contributed by atoms with van der Waals surface area (Å²) in [6.45, 7) is 2.24. The van der Waals surface area contributed by atoms with Crippen LogP contribution in [0.4, 0.5) is 0 Å². The van der Waals surface area contributed by atoms with Crippen molar-refractivity contribution < 1.29 is 14.3 Å². The Hall–Kier alpha value is -1.37. The third-order valence-corrected chi connectivity index (χ3v) is 5.55. The highest BCUT2D eigenvalue weighted by Crippen LogP contribution is 2.55. The zero-order chi connectivity index (χ0) is 15.1. The van der Waals surface area contributed by atoms with Crippen molar-refractivity contribution in [2.24, 2.45) is 11.7 Å². The molecule has 0 radical (unpaired) electrons. The van der Waals surface area contributed by atoms with Crippen LogP contribution in [0.15, 0.2) is 22.5 Å². The summed E-state index contributed by atoms with van der Waals surface area (Å²) in [6, 6.07) is 0.384. The molecule has 1 aliphatic carbocycles. The number of ketones is 2. The number of carbonyl (C=O) groups is 2. The molecule has 0 saturated carbocycles. The summed E-state index contributed by atoms with van der Waals surface area (Å²) >= 11 is 6.15. The average Bonchev–Trinajstić information content (AvgIpc) is 3.09. The molecule has 0 aromatic heterocycles. The van der Waals surface area contributed by atoms with E-state index in [2.05, 4.69) is 5.32 Å². The fourth-order valence-corrected chi connectivity index (χ4v) is 4.50. The lowest BCUT2D eigenvalue weighted by atomic mass is 9.83. The van der Waals surface area contributed by atoms with E-state index in [-0.39, 0.29) is 41.1 Å². The van der Waals surface area contributed by atoms with E-state index in [9.17, 15) is 9.59 Å². The first-order valence-electron chi connectivity index (χ1n) is 6.93. The minimum atomic E-state index is -0.743. The van der Waals surface area contributed by atoms with Crippen LogP contribution in [0.1, 0.15) is 6.92 Å². The van der Waals surface area contributed by atoms with Gasteiger partial charge in [-0.3, -0.25) is 9.59 Å². The van der Waals surface area contributed by atoms with Crippen LogP contribution in [-0.4, -0.2) is 53.8 Å². The predicted molar refractivity (Wildman–Crippen MR) is 75.3 cm³/mol. The Morgan fingerprint density at radius 1 is 1.48 bits per heavy atom. The monoisotopic (exact) mass is 309 g/mol. The van der Waals surface area contributed by atoms with Crippen LogP contribution in [0.5, 0.6) is 0 Å². The number of hydrogen-bond donors (Lipinski definition) is 2. The molecule has 0 spiro atoms. The first-order valence-corrected chi connectivity index (χ1v) is 7.47. The summed E-state index contributed by atoms with van der Waals surface area (Å²) in [5, 5.41) is 3.34. The summed E-state index contributed by atoms with van der Waals surface area (Å²) in [6.07, 6.45) is 0. The van der Waals surface area contributed by atoms with E-state index >= 15 is 0 Å². The number of nitrogens with zero attached hydrogens (tertiary/aromatic N) is 1. The molecule has 0 aromatic rings. The molecule has 0 aromatic carbocycles. The lowest BCUT2D eigenvalue weighted by Crippen LogP contribution is -2.54. The van der Waals surface area contributed by atoms with Gasteiger partial charge in [0.2, 0.25) is 11.6 Å². The zero-order valence-corrected chi connectivity index (χ0v) is 12.5. The van der Waals surface area contributed by atoms with Gasteiger partial charge in [0.05, 0.1) is 23.4 Å². The highest BCUT2D eigenvalue weighted by Gasteiger charge is 2.72. The van der Waals surface area contributed by atoms with E-state index < -0.39 is 5.72 Å². The second kappa shape index (κ2) is 3.88. The molecule has 3 N–H and O–H groups in total. The Morgan fingerprint density at radius 3 is 2.81 bits per heavy atom. The van der Waals surface area contributed by atoms with Crippen LogP contribution in [0.2, 0.25) is 0 Å². The molecular formula is C14H16ClN3O3. The highest BCUT2D eigenvalue weighted by atomic mass is 35.5. The smallest absolute Gasteiger partial charge is 0.207 e. The maximum Gasteiger partial charge on any atom is 0.207 e. The van der Waals surface area contributed by atoms with E-state index in [1.54, 1.807) is 14.0 Å². The second-order valence-electron chi connectivity index (χ2n) is 5.98. The van der Waals surface area contributed by atoms with Crippen LogP contribution < -0.4 is 11.1 Å². The molecule has 4 rings (SSSR count). The molecule has 2 fully saturated rings. The largest absolute Gasteiger partial charge is 0.395 e. The van der Waals surface area contributed by atoms with Gasteiger partial charge in [0, 0.05) is 36.7 Å². The molecule has 4 aliphatic rings. The summed E-state index contributed by atoms with van der Waals surface area (Å²) in [5.74, 6) is -0.611. The normalized spacial score (nSPS) is 40.7. The number of fused-ring (bicyclic) bond motifs is 4. The number of alkyl halides is 1. The van der Waals surface area contributed by atoms with Crippen molar-refractivity contribution in [1.29, 1.82) is 0 Å². The molecule has 21 heavy (non-hydrogen) atoms. The van der Waals surface area contributed by atoms with Crippen molar-refractivity contribution in [1.82, 2.24) is 10.2 Å². The first kappa shape index (κ1) is 13.3. The van der Waals surface area contributed by atoms with Gasteiger partial charge in [0.25, 0.3) is 0 Å². The summed E-state index contributed by atoms with van der Waals surface area (Å²) < 4.78 is 5.81. The number of halogens is 1. The molecular weight excluding hydrogens is 294 g/mol. The molecule has 4 atom stereocenters. The number of piperazine rings is 1. The van der Waals surface area contributed by atoms with Crippen molar-refractivity contribution in [3.63, 3.8) is 0 Å². The molecule has 0 unspecified atom stereocenters. The van der Waals surface area contributed by atoms with Crippen molar-refractivity contribution in [2.45, 2.75) is 24.7 Å². The third-order valence-electron chi connectivity index (χ3n) is 5.24. The molecule has 3 heterocycles. The van der Waals surface area contributed by atoms with Gasteiger partial charge < -0.3 is 20.7 Å². The highest BCUT2D eigenvalue weighted by molar-refractivity contribution is 6.26. The van der Waals surface area contributed by atoms with Crippen LogP contribution in [0.3, 0.4) is 0 Å². The molecule has 6 nitrogen and oxygen atoms in total. The quantitative estimate of drug-likeness (QED) is 0.405. The number of nitrogens with two attached hydrogens (primary N) is 1. The molecule has 7 heteroatoms. The van der Waals surface area contributed by atoms with Gasteiger partial charge in [-0.05, 0) is 6.92 Å². The number of rotatable bonds is 2. The number of ether oxygens (including phenoxy) is 1. The Balaban J connectivity index is 1.92. The second-order valence-corrected chi connectivity index (χ2v) is 6.29. The number of nitrogens with one attached hydrogen (secondary N) is 1. The maximum absolute atomic E-state index is 12.6. The molecule has 2 saturated heterocycles. The van der Waals surface area contributed by atoms with Gasteiger partial charge in [-0.1, -0.05) is 0 Å². The van der Waals surface area contributed by atoms with Crippen LogP contribution in [0.25, 0.3) is 0 Å². The van der Waals surface area contributed by atoms with Crippen molar-refractivity contribution in [3.8, 4) is 0 Å². The van der Waals surface area contributed by atoms with Crippen molar-refractivity contribution in [2.75, 3.05) is 19.5 Å². The van der Waals surface area contributed by atoms with Gasteiger partial charge in [0.15, 0.2) is 5.72 Å². The predicted octanol–water partition coefficient (Wildman–Crippen LogP) is -0.508. The average molecular weight is 310 g/mol. The molecule has 0 amide bonds. The minimum Gasteiger partial charge on any atom is -0.395 e. The number of allylic oxidation sites excluding steroid dienone is 2. The molecule has 3 aliphatic heterocycles. The summed E-state index contributed by atoms with van der Waals surface area (Å²) in [4.78, 5) is 27.2. The Morgan fingerprint density at radius 2 is 2.19 bits per heavy atom. The van der Waals surface area contributed by atoms with E-state index in [0.717, 1.165) is 0 Å². The van der Waals surface area contributed by atoms with Gasteiger partial charge in [-0.15, -0.1) is 11.6 Å². The topological polar surface area (TPSA) is 94.6 Å². The van der Waals surface area contributed by atoms with Crippen LogP contribution in [0, 0.1) is 5.92 Å². The fourth-order valence-electron chi connectivity index (χ4n) is 4.13. The van der Waals surface area contributed by atoms with Crippen molar-refractivity contribution >= 4 is 23.2 Å². The Bertz CT molecular complexity index is 630. The van der Waals surface area contributed by atoms with E-state index in [1.807, 2.05) is 4.90 Å². The van der Waals surface area contributed by atoms with Gasteiger partial charge >= 0.3 is 0 Å². The molecule has 112 valence electrons. The first-order chi connectivity index (χ1) is 9.98. The number of carbonyl (C=O) groups excluding carboxylic acids is 2. The minimum absolute atomic E-state index is 0.0293. The summed E-state index contributed by atoms with van der Waals surface area (Å²) in [5.41, 5.74) is 6.28.